The lowest BCUT2D eigenvalue weighted by molar-refractivity contribution is -0.140. The Morgan fingerprint density at radius 1 is 1.47 bits per heavy atom. The van der Waals surface area contributed by atoms with Gasteiger partial charge in [0.2, 0.25) is 0 Å². The first kappa shape index (κ1) is 11.4. The molecule has 0 saturated carbocycles. The number of para-hydroxylation sites is 1. The molecule has 2 rings (SSSR count). The Labute approximate surface area is 95.7 Å². The van der Waals surface area contributed by atoms with Gasteiger partial charge in [-0.05, 0) is 19.1 Å². The molecule has 1 heterocycles. The van der Waals surface area contributed by atoms with E-state index in [4.69, 9.17) is 5.11 Å². The molecule has 1 aromatic carbocycles. The number of carboxylic acids is 1. The Kier molecular flexibility index (Phi) is 2.49. The Morgan fingerprint density at radius 2 is 2.12 bits per heavy atom. The normalized spacial score (nSPS) is 12.9. The van der Waals surface area contributed by atoms with E-state index in [1.807, 2.05) is 0 Å². The SMILES string of the molecule is CC(C(=O)O)n1c(=O)n(C)c2c(F)cccc21. The van der Waals surface area contributed by atoms with Gasteiger partial charge in [-0.2, -0.15) is 0 Å². The number of fused-ring (bicyclic) bond motifs is 1. The highest BCUT2D eigenvalue weighted by Gasteiger charge is 2.22. The third-order valence-corrected chi connectivity index (χ3v) is 2.80. The van der Waals surface area contributed by atoms with Crippen molar-refractivity contribution in [3.8, 4) is 0 Å². The molecular weight excluding hydrogens is 227 g/mol. The number of carboxylic acid groups (broad SMARTS) is 1. The monoisotopic (exact) mass is 238 g/mol. The van der Waals surface area contributed by atoms with Gasteiger partial charge in [0.25, 0.3) is 0 Å². The van der Waals surface area contributed by atoms with E-state index in [9.17, 15) is 14.0 Å². The number of carbonyl (C=O) groups is 1. The van der Waals surface area contributed by atoms with Gasteiger partial charge in [0.1, 0.15) is 17.4 Å². The van der Waals surface area contributed by atoms with Crippen LogP contribution in [0.5, 0.6) is 0 Å². The summed E-state index contributed by atoms with van der Waals surface area (Å²) in [6.07, 6.45) is 0. The first-order valence-electron chi connectivity index (χ1n) is 5.03. The number of hydrogen-bond donors (Lipinski definition) is 1. The van der Waals surface area contributed by atoms with Crippen molar-refractivity contribution in [1.82, 2.24) is 9.13 Å². The van der Waals surface area contributed by atoms with E-state index in [1.54, 1.807) is 0 Å². The van der Waals surface area contributed by atoms with Gasteiger partial charge in [0.15, 0.2) is 0 Å². The van der Waals surface area contributed by atoms with Crippen molar-refractivity contribution in [2.24, 2.45) is 7.05 Å². The number of halogens is 1. The van der Waals surface area contributed by atoms with Crippen molar-refractivity contribution in [3.63, 3.8) is 0 Å². The lowest BCUT2D eigenvalue weighted by atomic mass is 10.2. The molecule has 0 saturated heterocycles. The Morgan fingerprint density at radius 3 is 2.71 bits per heavy atom. The molecule has 2 aromatic rings. The van der Waals surface area contributed by atoms with E-state index in [-0.39, 0.29) is 11.0 Å². The summed E-state index contributed by atoms with van der Waals surface area (Å²) in [6.45, 7) is 1.38. The number of nitrogens with zero attached hydrogens (tertiary/aromatic N) is 2. The molecule has 0 bridgehead atoms. The molecule has 1 aromatic heterocycles. The van der Waals surface area contributed by atoms with Crippen molar-refractivity contribution >= 4 is 17.0 Å². The first-order chi connectivity index (χ1) is 7.95. The Bertz CT molecular complexity index is 657. The van der Waals surface area contributed by atoms with Crippen LogP contribution in [-0.2, 0) is 11.8 Å². The number of aliphatic carboxylic acids is 1. The number of benzene rings is 1. The molecule has 1 unspecified atom stereocenters. The Hall–Kier alpha value is -2.11. The largest absolute Gasteiger partial charge is 0.480 e. The summed E-state index contributed by atoms with van der Waals surface area (Å²) >= 11 is 0. The van der Waals surface area contributed by atoms with Crippen LogP contribution in [0.2, 0.25) is 0 Å². The summed E-state index contributed by atoms with van der Waals surface area (Å²) in [7, 11) is 1.42. The highest BCUT2D eigenvalue weighted by molar-refractivity contribution is 5.80. The van der Waals surface area contributed by atoms with Gasteiger partial charge in [-0.15, -0.1) is 0 Å². The number of hydrogen-bond acceptors (Lipinski definition) is 2. The molecule has 0 aliphatic rings. The summed E-state index contributed by atoms with van der Waals surface area (Å²) in [4.78, 5) is 22.8. The highest BCUT2D eigenvalue weighted by atomic mass is 19.1. The quantitative estimate of drug-likeness (QED) is 0.852. The van der Waals surface area contributed by atoms with E-state index < -0.39 is 23.5 Å². The van der Waals surface area contributed by atoms with Gasteiger partial charge < -0.3 is 5.11 Å². The second-order valence-corrected chi connectivity index (χ2v) is 3.83. The van der Waals surface area contributed by atoms with Crippen LogP contribution in [0, 0.1) is 5.82 Å². The average molecular weight is 238 g/mol. The van der Waals surface area contributed by atoms with E-state index in [1.165, 1.54) is 32.2 Å². The lowest BCUT2D eigenvalue weighted by Crippen LogP contribution is -2.28. The number of aryl methyl sites for hydroxylation is 1. The molecule has 0 radical (unpaired) electrons. The molecule has 6 heteroatoms. The molecule has 5 nitrogen and oxygen atoms in total. The molecule has 1 atom stereocenters. The predicted octanol–water partition coefficient (Wildman–Crippen LogP) is 1.12. The van der Waals surface area contributed by atoms with Crippen molar-refractivity contribution in [1.29, 1.82) is 0 Å². The molecule has 0 aliphatic carbocycles. The fourth-order valence-electron chi connectivity index (χ4n) is 1.88. The molecular formula is C11H11FN2O3. The number of aromatic nitrogens is 2. The van der Waals surface area contributed by atoms with E-state index in [0.717, 1.165) is 9.13 Å². The highest BCUT2D eigenvalue weighted by Crippen LogP contribution is 2.19. The zero-order chi connectivity index (χ0) is 12.7. The van der Waals surface area contributed by atoms with E-state index in [0.29, 0.717) is 0 Å². The van der Waals surface area contributed by atoms with Crippen molar-refractivity contribution in [2.75, 3.05) is 0 Å². The zero-order valence-electron chi connectivity index (χ0n) is 9.35. The number of rotatable bonds is 2. The van der Waals surface area contributed by atoms with Crippen LogP contribution in [0.4, 0.5) is 4.39 Å². The van der Waals surface area contributed by atoms with Crippen LogP contribution in [0.3, 0.4) is 0 Å². The van der Waals surface area contributed by atoms with Crippen LogP contribution in [0.1, 0.15) is 13.0 Å². The average Bonchev–Trinajstić information content (AvgIpc) is 2.52. The van der Waals surface area contributed by atoms with Gasteiger partial charge >= 0.3 is 11.7 Å². The van der Waals surface area contributed by atoms with Gasteiger partial charge in [-0.1, -0.05) is 6.07 Å². The topological polar surface area (TPSA) is 64.2 Å². The van der Waals surface area contributed by atoms with Crippen molar-refractivity contribution in [2.45, 2.75) is 13.0 Å². The van der Waals surface area contributed by atoms with Crippen molar-refractivity contribution in [3.05, 3.63) is 34.5 Å². The molecule has 0 fully saturated rings. The molecule has 90 valence electrons. The molecule has 1 N–H and O–H groups in total. The summed E-state index contributed by atoms with van der Waals surface area (Å²) in [5.74, 6) is -1.68. The Balaban J connectivity index is 2.90. The smallest absolute Gasteiger partial charge is 0.329 e. The summed E-state index contributed by atoms with van der Waals surface area (Å²) in [5.41, 5.74) is -0.141. The minimum atomic E-state index is -1.14. The zero-order valence-corrected chi connectivity index (χ0v) is 9.35. The van der Waals surface area contributed by atoms with Crippen LogP contribution < -0.4 is 5.69 Å². The first-order valence-corrected chi connectivity index (χ1v) is 5.03. The summed E-state index contributed by atoms with van der Waals surface area (Å²) in [6, 6.07) is 3.17. The van der Waals surface area contributed by atoms with E-state index >= 15 is 0 Å². The standard InChI is InChI=1S/C11H11FN2O3/c1-6(10(15)16)14-8-5-3-4-7(12)9(8)13(2)11(14)17/h3-6H,1-2H3,(H,15,16). The molecule has 0 aliphatic heterocycles. The second kappa shape index (κ2) is 3.73. The second-order valence-electron chi connectivity index (χ2n) is 3.83. The lowest BCUT2D eigenvalue weighted by Gasteiger charge is -2.07. The molecule has 0 spiro atoms. The summed E-state index contributed by atoms with van der Waals surface area (Å²) < 4.78 is 15.8. The number of imidazole rings is 1. The molecule has 17 heavy (non-hydrogen) atoms. The van der Waals surface area contributed by atoms with Crippen molar-refractivity contribution < 1.29 is 14.3 Å². The van der Waals surface area contributed by atoms with Crippen LogP contribution in [0.15, 0.2) is 23.0 Å². The van der Waals surface area contributed by atoms with Crippen LogP contribution in [0.25, 0.3) is 11.0 Å². The fourth-order valence-corrected chi connectivity index (χ4v) is 1.88. The van der Waals surface area contributed by atoms with Gasteiger partial charge in [-0.3, -0.25) is 9.13 Å². The fraction of sp³-hybridized carbons (Fsp3) is 0.273. The third-order valence-electron chi connectivity index (χ3n) is 2.80. The minimum Gasteiger partial charge on any atom is -0.480 e. The maximum atomic E-state index is 13.6. The minimum absolute atomic E-state index is 0.116. The molecule has 0 amide bonds. The summed E-state index contributed by atoms with van der Waals surface area (Å²) in [5, 5.41) is 8.94. The maximum Gasteiger partial charge on any atom is 0.329 e. The van der Waals surface area contributed by atoms with E-state index in [2.05, 4.69) is 0 Å². The maximum absolute atomic E-state index is 13.6. The van der Waals surface area contributed by atoms with Crippen LogP contribution >= 0.6 is 0 Å². The van der Waals surface area contributed by atoms with Gasteiger partial charge in [0.05, 0.1) is 5.52 Å². The third kappa shape index (κ3) is 1.52. The van der Waals surface area contributed by atoms with Crippen LogP contribution in [-0.4, -0.2) is 20.2 Å². The predicted molar refractivity (Wildman–Crippen MR) is 59.5 cm³/mol. The van der Waals surface area contributed by atoms with Gasteiger partial charge in [0, 0.05) is 7.05 Å². The van der Waals surface area contributed by atoms with Gasteiger partial charge in [-0.25, -0.2) is 14.0 Å².